The molecule has 0 bridgehead atoms. The van der Waals surface area contributed by atoms with Gasteiger partial charge in [0.05, 0.1) is 4.90 Å². The zero-order valence-corrected chi connectivity index (χ0v) is 12.6. The Hall–Kier alpha value is -1.61. The number of hydrogen-bond donors (Lipinski definition) is 1. The van der Waals surface area contributed by atoms with Gasteiger partial charge in [0, 0.05) is 13.1 Å². The van der Waals surface area contributed by atoms with Gasteiger partial charge >= 0.3 is 12.1 Å². The lowest BCUT2D eigenvalue weighted by atomic mass is 10.0. The standard InChI is InChI=1S/C13H15F3N2O3S/c1-17-22(20,21)11-3-2-9-4-6-18(7-5-10(9)8-11)12(19)13(14,15)16/h2-3,8,17H,4-7H2,1H3. The molecule has 122 valence electrons. The Labute approximate surface area is 126 Å². The molecular formula is C13H15F3N2O3S. The predicted octanol–water partition coefficient (Wildman–Crippen LogP) is 1.08. The first-order valence-corrected chi connectivity index (χ1v) is 8.05. The van der Waals surface area contributed by atoms with Crippen molar-refractivity contribution >= 4 is 15.9 Å². The second-order valence-electron chi connectivity index (χ2n) is 4.93. The zero-order valence-electron chi connectivity index (χ0n) is 11.8. The molecule has 0 atom stereocenters. The molecule has 1 aromatic carbocycles. The third kappa shape index (κ3) is 3.41. The first-order valence-electron chi connectivity index (χ1n) is 6.56. The van der Waals surface area contributed by atoms with Crippen LogP contribution in [0.4, 0.5) is 13.2 Å². The predicted molar refractivity (Wildman–Crippen MR) is 72.7 cm³/mol. The van der Waals surface area contributed by atoms with Crippen molar-refractivity contribution in [1.82, 2.24) is 9.62 Å². The highest BCUT2D eigenvalue weighted by molar-refractivity contribution is 7.89. The second-order valence-corrected chi connectivity index (χ2v) is 6.81. The molecule has 0 saturated heterocycles. The Bertz CT molecular complexity index is 686. The summed E-state index contributed by atoms with van der Waals surface area (Å²) in [6.07, 6.45) is -4.45. The number of benzene rings is 1. The maximum atomic E-state index is 12.5. The van der Waals surface area contributed by atoms with E-state index in [2.05, 4.69) is 4.72 Å². The van der Waals surface area contributed by atoms with Crippen LogP contribution in [0.1, 0.15) is 11.1 Å². The number of alkyl halides is 3. The highest BCUT2D eigenvalue weighted by Gasteiger charge is 2.42. The van der Waals surface area contributed by atoms with Gasteiger partial charge in [-0.15, -0.1) is 0 Å². The van der Waals surface area contributed by atoms with Gasteiger partial charge in [-0.25, -0.2) is 13.1 Å². The average Bonchev–Trinajstić information content (AvgIpc) is 2.67. The van der Waals surface area contributed by atoms with Crippen LogP contribution in [0.2, 0.25) is 0 Å². The normalized spacial score (nSPS) is 16.1. The van der Waals surface area contributed by atoms with E-state index in [0.717, 1.165) is 10.5 Å². The maximum absolute atomic E-state index is 12.5. The number of hydrogen-bond acceptors (Lipinski definition) is 3. The molecule has 0 spiro atoms. The Morgan fingerprint density at radius 3 is 2.32 bits per heavy atom. The average molecular weight is 336 g/mol. The molecule has 1 aromatic rings. The lowest BCUT2D eigenvalue weighted by Gasteiger charge is -2.21. The molecule has 1 aliphatic rings. The Balaban J connectivity index is 2.24. The summed E-state index contributed by atoms with van der Waals surface area (Å²) in [7, 11) is -2.32. The third-order valence-electron chi connectivity index (χ3n) is 3.59. The van der Waals surface area contributed by atoms with E-state index in [4.69, 9.17) is 0 Å². The number of nitrogens with one attached hydrogen (secondary N) is 1. The van der Waals surface area contributed by atoms with Crippen LogP contribution in [-0.2, 0) is 27.7 Å². The molecule has 1 heterocycles. The Morgan fingerprint density at radius 2 is 1.77 bits per heavy atom. The quantitative estimate of drug-likeness (QED) is 0.879. The second kappa shape index (κ2) is 5.88. The Kier molecular flexibility index (Phi) is 4.48. The minimum absolute atomic E-state index is 0.0382. The smallest absolute Gasteiger partial charge is 0.334 e. The summed E-state index contributed by atoms with van der Waals surface area (Å²) < 4.78 is 63.1. The van der Waals surface area contributed by atoms with Crippen LogP contribution in [0.3, 0.4) is 0 Å². The molecule has 0 aromatic heterocycles. The molecule has 1 aliphatic heterocycles. The van der Waals surface area contributed by atoms with E-state index in [-0.39, 0.29) is 30.8 Å². The molecule has 5 nitrogen and oxygen atoms in total. The summed E-state index contributed by atoms with van der Waals surface area (Å²) in [5.41, 5.74) is 1.40. The molecule has 0 radical (unpaired) electrons. The van der Waals surface area contributed by atoms with E-state index >= 15 is 0 Å². The highest BCUT2D eigenvalue weighted by atomic mass is 32.2. The third-order valence-corrected chi connectivity index (χ3v) is 5.00. The van der Waals surface area contributed by atoms with E-state index in [1.165, 1.54) is 19.2 Å². The summed E-state index contributed by atoms with van der Waals surface area (Å²) in [6, 6.07) is 4.44. The van der Waals surface area contributed by atoms with Gasteiger partial charge in [-0.1, -0.05) is 6.07 Å². The molecule has 9 heteroatoms. The fourth-order valence-electron chi connectivity index (χ4n) is 2.37. The van der Waals surface area contributed by atoms with Crippen molar-refractivity contribution in [1.29, 1.82) is 0 Å². The van der Waals surface area contributed by atoms with Crippen molar-refractivity contribution in [2.45, 2.75) is 23.9 Å². The molecule has 0 aliphatic carbocycles. The minimum atomic E-state index is -4.89. The maximum Gasteiger partial charge on any atom is 0.471 e. The monoisotopic (exact) mass is 336 g/mol. The number of amides is 1. The summed E-state index contributed by atoms with van der Waals surface area (Å²) in [4.78, 5) is 12.1. The van der Waals surface area contributed by atoms with Crippen LogP contribution >= 0.6 is 0 Å². The van der Waals surface area contributed by atoms with Gasteiger partial charge in [0.25, 0.3) is 0 Å². The van der Waals surface area contributed by atoms with Crippen LogP contribution in [0, 0.1) is 0 Å². The van der Waals surface area contributed by atoms with E-state index in [0.29, 0.717) is 5.56 Å². The van der Waals surface area contributed by atoms with Gasteiger partial charge in [0.1, 0.15) is 0 Å². The minimum Gasteiger partial charge on any atom is -0.334 e. The van der Waals surface area contributed by atoms with Crippen molar-refractivity contribution in [3.05, 3.63) is 29.3 Å². The molecule has 2 rings (SSSR count). The summed E-state index contributed by atoms with van der Waals surface area (Å²) >= 11 is 0. The van der Waals surface area contributed by atoms with Crippen LogP contribution in [0.15, 0.2) is 23.1 Å². The fourth-order valence-corrected chi connectivity index (χ4v) is 3.15. The van der Waals surface area contributed by atoms with Gasteiger partial charge in [-0.05, 0) is 43.1 Å². The van der Waals surface area contributed by atoms with E-state index in [9.17, 15) is 26.4 Å². The highest BCUT2D eigenvalue weighted by Crippen LogP contribution is 2.24. The zero-order chi connectivity index (χ0) is 16.5. The van der Waals surface area contributed by atoms with Crippen LogP contribution < -0.4 is 4.72 Å². The van der Waals surface area contributed by atoms with Gasteiger partial charge in [0.2, 0.25) is 10.0 Å². The number of sulfonamides is 1. The Morgan fingerprint density at radius 1 is 1.18 bits per heavy atom. The number of carbonyl (C=O) groups is 1. The molecular weight excluding hydrogens is 321 g/mol. The van der Waals surface area contributed by atoms with Crippen molar-refractivity contribution < 1.29 is 26.4 Å². The molecule has 1 amide bonds. The van der Waals surface area contributed by atoms with E-state index in [1.807, 2.05) is 0 Å². The lowest BCUT2D eigenvalue weighted by molar-refractivity contribution is -0.185. The van der Waals surface area contributed by atoms with E-state index in [1.54, 1.807) is 6.07 Å². The number of rotatable bonds is 2. The summed E-state index contributed by atoms with van der Waals surface area (Å²) in [5.74, 6) is -1.86. The number of nitrogens with zero attached hydrogens (tertiary/aromatic N) is 1. The van der Waals surface area contributed by atoms with Gasteiger partial charge in [0.15, 0.2) is 0 Å². The topological polar surface area (TPSA) is 66.5 Å². The summed E-state index contributed by atoms with van der Waals surface area (Å²) in [6.45, 7) is -0.127. The largest absolute Gasteiger partial charge is 0.471 e. The van der Waals surface area contributed by atoms with Crippen LogP contribution in [0.25, 0.3) is 0 Å². The lowest BCUT2D eigenvalue weighted by Crippen LogP contribution is -2.42. The van der Waals surface area contributed by atoms with Gasteiger partial charge < -0.3 is 4.90 Å². The van der Waals surface area contributed by atoms with Crippen molar-refractivity contribution in [3.8, 4) is 0 Å². The van der Waals surface area contributed by atoms with Crippen molar-refractivity contribution in [2.24, 2.45) is 0 Å². The van der Waals surface area contributed by atoms with Gasteiger partial charge in [-0.2, -0.15) is 13.2 Å². The van der Waals surface area contributed by atoms with Gasteiger partial charge in [-0.3, -0.25) is 4.79 Å². The van der Waals surface area contributed by atoms with Crippen LogP contribution in [0.5, 0.6) is 0 Å². The summed E-state index contributed by atoms with van der Waals surface area (Å²) in [5, 5.41) is 0. The first-order chi connectivity index (χ1) is 10.1. The van der Waals surface area contributed by atoms with Crippen molar-refractivity contribution in [3.63, 3.8) is 0 Å². The first kappa shape index (κ1) is 16.8. The SMILES string of the molecule is CNS(=O)(=O)c1ccc2c(c1)CCN(C(=O)C(F)(F)F)CC2. The molecule has 0 saturated carbocycles. The molecule has 22 heavy (non-hydrogen) atoms. The molecule has 1 N–H and O–H groups in total. The van der Waals surface area contributed by atoms with E-state index < -0.39 is 22.1 Å². The number of halogens is 3. The van der Waals surface area contributed by atoms with Crippen LogP contribution in [-0.4, -0.2) is 45.5 Å². The molecule has 0 unspecified atom stereocenters. The number of carbonyl (C=O) groups excluding carboxylic acids is 1. The van der Waals surface area contributed by atoms with Crippen molar-refractivity contribution in [2.75, 3.05) is 20.1 Å². The number of fused-ring (bicyclic) bond motifs is 1. The molecule has 0 fully saturated rings. The fraction of sp³-hybridized carbons (Fsp3) is 0.462.